The second kappa shape index (κ2) is 9.87. The first-order valence-corrected chi connectivity index (χ1v) is 11.3. The van der Waals surface area contributed by atoms with Crippen molar-refractivity contribution in [3.8, 4) is 0 Å². The predicted molar refractivity (Wildman–Crippen MR) is 107 cm³/mol. The van der Waals surface area contributed by atoms with E-state index in [-0.39, 0.29) is 6.04 Å². The van der Waals surface area contributed by atoms with Crippen LogP contribution in [0.4, 0.5) is 4.39 Å². The number of carbonyl (C=O) groups excluding carboxylic acids is 1. The summed E-state index contributed by atoms with van der Waals surface area (Å²) < 4.78 is 41.3. The van der Waals surface area contributed by atoms with Crippen LogP contribution in [0, 0.1) is 5.82 Å². The molecule has 27 heavy (non-hydrogen) atoms. The molecule has 0 spiro atoms. The van der Waals surface area contributed by atoms with Gasteiger partial charge < -0.3 is 5.32 Å². The number of hydrogen-bond donors (Lipinski definition) is 2. The number of thioether (sulfide) groups is 1. The molecule has 2 N–H and O–H groups in total. The first-order valence-electron chi connectivity index (χ1n) is 8.46. The molecule has 0 aliphatic carbocycles. The maximum Gasteiger partial charge on any atom is 0.244 e. The van der Waals surface area contributed by atoms with E-state index >= 15 is 0 Å². The monoisotopic (exact) mass is 410 g/mol. The van der Waals surface area contributed by atoms with E-state index in [0.29, 0.717) is 12.2 Å². The fourth-order valence-corrected chi connectivity index (χ4v) is 4.31. The van der Waals surface area contributed by atoms with Crippen LogP contribution in [0.2, 0.25) is 0 Å². The molecule has 5 nitrogen and oxygen atoms in total. The quantitative estimate of drug-likeness (QED) is 0.666. The van der Waals surface area contributed by atoms with Crippen LogP contribution in [0.3, 0.4) is 0 Å². The van der Waals surface area contributed by atoms with Gasteiger partial charge in [0.05, 0.1) is 6.04 Å². The maximum atomic E-state index is 13.9. The van der Waals surface area contributed by atoms with Crippen molar-refractivity contribution in [1.82, 2.24) is 10.0 Å². The lowest BCUT2D eigenvalue weighted by Gasteiger charge is -2.21. The summed E-state index contributed by atoms with van der Waals surface area (Å²) in [4.78, 5) is 12.2. The van der Waals surface area contributed by atoms with Gasteiger partial charge in [-0.1, -0.05) is 42.5 Å². The molecular formula is C19H23FN2O3S2. The van der Waals surface area contributed by atoms with E-state index in [4.69, 9.17) is 0 Å². The molecular weight excluding hydrogens is 387 g/mol. The first kappa shape index (κ1) is 21.4. The lowest BCUT2D eigenvalue weighted by molar-refractivity contribution is -0.123. The molecule has 0 aliphatic rings. The van der Waals surface area contributed by atoms with Gasteiger partial charge in [-0.05, 0) is 43.0 Å². The minimum absolute atomic E-state index is 0.284. The van der Waals surface area contributed by atoms with E-state index in [1.807, 2.05) is 43.5 Å². The lowest BCUT2D eigenvalue weighted by Crippen LogP contribution is -2.47. The highest BCUT2D eigenvalue weighted by molar-refractivity contribution is 7.98. The molecule has 0 heterocycles. The zero-order valence-electron chi connectivity index (χ0n) is 15.2. The van der Waals surface area contributed by atoms with Crippen LogP contribution in [0.5, 0.6) is 0 Å². The third kappa shape index (κ3) is 6.05. The number of rotatable bonds is 9. The van der Waals surface area contributed by atoms with Crippen molar-refractivity contribution >= 4 is 27.7 Å². The van der Waals surface area contributed by atoms with Crippen molar-refractivity contribution in [3.05, 3.63) is 66.0 Å². The van der Waals surface area contributed by atoms with Crippen molar-refractivity contribution < 1.29 is 17.6 Å². The van der Waals surface area contributed by atoms with Crippen molar-refractivity contribution in [3.63, 3.8) is 0 Å². The Morgan fingerprint density at radius 1 is 1.11 bits per heavy atom. The van der Waals surface area contributed by atoms with E-state index < -0.39 is 32.7 Å². The zero-order valence-corrected chi connectivity index (χ0v) is 16.8. The number of benzene rings is 2. The fraction of sp³-hybridized carbons (Fsp3) is 0.316. The molecule has 0 bridgehead atoms. The second-order valence-electron chi connectivity index (χ2n) is 6.03. The van der Waals surface area contributed by atoms with E-state index in [2.05, 4.69) is 10.0 Å². The standard InChI is InChI=1S/C19H23FN2O3S2/c1-14(15-8-4-3-5-9-15)21-19(23)17(12-13-26-2)22-27(24,25)18-11-7-6-10-16(18)20/h3-11,14,17,22H,12-13H2,1-2H3,(H,21,23)/t14-,17-/m0/s1. The third-order valence-electron chi connectivity index (χ3n) is 4.01. The Kier molecular flexibility index (Phi) is 7.82. The molecule has 0 aliphatic heterocycles. The summed E-state index contributed by atoms with van der Waals surface area (Å²) in [7, 11) is -4.16. The first-order chi connectivity index (χ1) is 12.8. The summed E-state index contributed by atoms with van der Waals surface area (Å²) in [6.45, 7) is 1.82. The van der Waals surface area contributed by atoms with Crippen LogP contribution < -0.4 is 10.0 Å². The molecule has 2 aromatic carbocycles. The zero-order chi connectivity index (χ0) is 19.9. The van der Waals surface area contributed by atoms with Gasteiger partial charge in [0.1, 0.15) is 16.8 Å². The van der Waals surface area contributed by atoms with E-state index in [1.165, 1.54) is 30.0 Å². The normalized spacial score (nSPS) is 13.7. The lowest BCUT2D eigenvalue weighted by atomic mass is 10.1. The largest absolute Gasteiger partial charge is 0.348 e. The number of halogens is 1. The molecule has 0 fully saturated rings. The Hall–Kier alpha value is -1.90. The third-order valence-corrected chi connectivity index (χ3v) is 6.16. The van der Waals surface area contributed by atoms with Crippen LogP contribution in [-0.4, -0.2) is 32.4 Å². The van der Waals surface area contributed by atoms with Gasteiger partial charge in [-0.15, -0.1) is 0 Å². The Morgan fingerprint density at radius 3 is 2.37 bits per heavy atom. The van der Waals surface area contributed by atoms with Gasteiger partial charge in [0, 0.05) is 0 Å². The van der Waals surface area contributed by atoms with Crippen molar-refractivity contribution in [2.45, 2.75) is 30.3 Å². The van der Waals surface area contributed by atoms with E-state index in [0.717, 1.165) is 11.6 Å². The van der Waals surface area contributed by atoms with Gasteiger partial charge in [-0.2, -0.15) is 16.5 Å². The van der Waals surface area contributed by atoms with Crippen molar-refractivity contribution in [1.29, 1.82) is 0 Å². The Bertz CT molecular complexity index is 860. The molecule has 0 saturated carbocycles. The Balaban J connectivity index is 2.16. The Morgan fingerprint density at radius 2 is 1.74 bits per heavy atom. The molecule has 146 valence electrons. The summed E-state index contributed by atoms with van der Waals surface area (Å²) in [6, 6.07) is 13.2. The summed E-state index contributed by atoms with van der Waals surface area (Å²) in [5, 5.41) is 2.82. The summed E-state index contributed by atoms with van der Waals surface area (Å²) in [5.74, 6) is -0.718. The molecule has 2 atom stereocenters. The summed E-state index contributed by atoms with van der Waals surface area (Å²) in [6.07, 6.45) is 2.16. The van der Waals surface area contributed by atoms with E-state index in [9.17, 15) is 17.6 Å². The average Bonchev–Trinajstić information content (AvgIpc) is 2.65. The number of carbonyl (C=O) groups is 1. The second-order valence-corrected chi connectivity index (χ2v) is 8.69. The molecule has 8 heteroatoms. The molecule has 2 aromatic rings. The topological polar surface area (TPSA) is 75.3 Å². The van der Waals surface area contributed by atoms with Crippen molar-refractivity contribution in [2.24, 2.45) is 0 Å². The number of nitrogens with one attached hydrogen (secondary N) is 2. The molecule has 0 unspecified atom stereocenters. The highest BCUT2D eigenvalue weighted by Crippen LogP contribution is 2.16. The highest BCUT2D eigenvalue weighted by Gasteiger charge is 2.28. The van der Waals surface area contributed by atoms with Crippen molar-refractivity contribution in [2.75, 3.05) is 12.0 Å². The molecule has 1 amide bonds. The number of sulfonamides is 1. The molecule has 0 saturated heterocycles. The maximum absolute atomic E-state index is 13.9. The van der Waals surface area contributed by atoms with Gasteiger partial charge in [0.15, 0.2) is 0 Å². The average molecular weight is 411 g/mol. The van der Waals surface area contributed by atoms with Gasteiger partial charge in [0.25, 0.3) is 0 Å². The Labute approximate surface area is 163 Å². The molecule has 0 radical (unpaired) electrons. The fourth-order valence-electron chi connectivity index (χ4n) is 2.53. The van der Waals surface area contributed by atoms with Gasteiger partial charge in [-0.25, -0.2) is 12.8 Å². The highest BCUT2D eigenvalue weighted by atomic mass is 32.2. The van der Waals surface area contributed by atoms with Crippen LogP contribution in [0.1, 0.15) is 24.9 Å². The summed E-state index contributed by atoms with van der Waals surface area (Å²) in [5.41, 5.74) is 0.909. The summed E-state index contributed by atoms with van der Waals surface area (Å²) >= 11 is 1.50. The van der Waals surface area contributed by atoms with Crippen LogP contribution >= 0.6 is 11.8 Å². The van der Waals surface area contributed by atoms with Crippen LogP contribution in [0.25, 0.3) is 0 Å². The van der Waals surface area contributed by atoms with Crippen LogP contribution in [-0.2, 0) is 14.8 Å². The number of amides is 1. The van der Waals surface area contributed by atoms with E-state index in [1.54, 1.807) is 0 Å². The smallest absolute Gasteiger partial charge is 0.244 e. The van der Waals surface area contributed by atoms with Crippen LogP contribution in [0.15, 0.2) is 59.5 Å². The molecule has 0 aromatic heterocycles. The minimum atomic E-state index is -4.16. The van der Waals surface area contributed by atoms with Gasteiger partial charge in [0.2, 0.25) is 15.9 Å². The number of hydrogen-bond acceptors (Lipinski definition) is 4. The predicted octanol–water partition coefficient (Wildman–Crippen LogP) is 3.10. The minimum Gasteiger partial charge on any atom is -0.348 e. The SMILES string of the molecule is CSCC[C@H](NS(=O)(=O)c1ccccc1F)C(=O)N[C@@H](C)c1ccccc1. The van der Waals surface area contributed by atoms with Gasteiger partial charge in [-0.3, -0.25) is 4.79 Å². The van der Waals surface area contributed by atoms with Gasteiger partial charge >= 0.3 is 0 Å². The molecule has 2 rings (SSSR count).